The number of benzene rings is 2. The molecule has 2 amide bonds. The molecule has 3 rings (SSSR count). The van der Waals surface area contributed by atoms with Crippen LogP contribution in [-0.2, 0) is 20.7 Å². The summed E-state index contributed by atoms with van der Waals surface area (Å²) in [5, 5.41) is 36.7. The quantitative estimate of drug-likeness (QED) is 0.357. The largest absolute Gasteiger partial charge is 0.387 e. The van der Waals surface area contributed by atoms with Gasteiger partial charge >= 0.3 is 0 Å². The zero-order valence-corrected chi connectivity index (χ0v) is 21.1. The summed E-state index contributed by atoms with van der Waals surface area (Å²) in [4.78, 5) is 25.8. The van der Waals surface area contributed by atoms with Gasteiger partial charge in [-0.05, 0) is 47.1 Å². The minimum Gasteiger partial charge on any atom is -0.387 e. The number of hydrogen-bond acceptors (Lipinski definition) is 6. The third-order valence-electron chi connectivity index (χ3n) is 6.12. The Hall–Kier alpha value is -3.04. The molecule has 0 radical (unpaired) electrons. The molecule has 0 spiro atoms. The van der Waals surface area contributed by atoms with Gasteiger partial charge in [-0.2, -0.15) is 0 Å². The van der Waals surface area contributed by atoms with Gasteiger partial charge < -0.3 is 30.7 Å². The van der Waals surface area contributed by atoms with Crippen LogP contribution in [-0.4, -0.2) is 64.7 Å². The van der Waals surface area contributed by atoms with E-state index in [0.717, 1.165) is 16.7 Å². The van der Waals surface area contributed by atoms with Crippen LogP contribution >= 0.6 is 0 Å². The summed E-state index contributed by atoms with van der Waals surface area (Å²) in [7, 11) is 1.21. The van der Waals surface area contributed by atoms with Crippen molar-refractivity contribution in [2.24, 2.45) is 5.41 Å². The number of methoxy groups -OCH3 is 1. The SMILES string of the molecule is CO[C@@H](C(=O)N[C@@H]1CCc2cc(-c3ccccc3)ccc2NC1=O)[C@H](O)[C@@H](O)[C@H](O)C=CC(C)(C)C. The summed E-state index contributed by atoms with van der Waals surface area (Å²) < 4.78 is 5.14. The number of rotatable bonds is 8. The van der Waals surface area contributed by atoms with Crippen LogP contribution in [0.25, 0.3) is 11.1 Å². The van der Waals surface area contributed by atoms with Crippen LogP contribution < -0.4 is 10.6 Å². The number of carbonyl (C=O) groups is 2. The van der Waals surface area contributed by atoms with Gasteiger partial charge in [0.05, 0.1) is 0 Å². The van der Waals surface area contributed by atoms with Crippen molar-refractivity contribution in [2.45, 2.75) is 64.1 Å². The Labute approximate surface area is 212 Å². The van der Waals surface area contributed by atoms with E-state index in [1.54, 1.807) is 6.08 Å². The van der Waals surface area contributed by atoms with Crippen molar-refractivity contribution in [3.8, 4) is 11.1 Å². The van der Waals surface area contributed by atoms with E-state index in [4.69, 9.17) is 4.74 Å². The van der Waals surface area contributed by atoms with Crippen molar-refractivity contribution in [1.29, 1.82) is 0 Å². The molecule has 5 N–H and O–H groups in total. The lowest BCUT2D eigenvalue weighted by molar-refractivity contribution is -0.150. The van der Waals surface area contributed by atoms with Crippen molar-refractivity contribution < 1.29 is 29.6 Å². The van der Waals surface area contributed by atoms with Gasteiger partial charge in [0.15, 0.2) is 6.10 Å². The van der Waals surface area contributed by atoms with Crippen LogP contribution in [0.3, 0.4) is 0 Å². The number of carbonyl (C=O) groups excluding carboxylic acids is 2. The highest BCUT2D eigenvalue weighted by Gasteiger charge is 2.37. The highest BCUT2D eigenvalue weighted by atomic mass is 16.5. The number of ether oxygens (including phenoxy) is 1. The number of aliphatic hydroxyl groups is 3. The van der Waals surface area contributed by atoms with Crippen LogP contribution in [0.1, 0.15) is 32.8 Å². The van der Waals surface area contributed by atoms with Gasteiger partial charge in [-0.1, -0.05) is 69.3 Å². The van der Waals surface area contributed by atoms with E-state index < -0.39 is 36.4 Å². The molecule has 1 aliphatic heterocycles. The van der Waals surface area contributed by atoms with Crippen LogP contribution in [0.4, 0.5) is 5.69 Å². The average molecular weight is 497 g/mol. The topological polar surface area (TPSA) is 128 Å². The number of anilines is 1. The van der Waals surface area contributed by atoms with Gasteiger partial charge in [0.2, 0.25) is 5.91 Å². The van der Waals surface area contributed by atoms with Gasteiger partial charge in [-0.15, -0.1) is 0 Å². The van der Waals surface area contributed by atoms with Crippen LogP contribution in [0.5, 0.6) is 0 Å². The molecule has 1 heterocycles. The summed E-state index contributed by atoms with van der Waals surface area (Å²) in [6, 6.07) is 14.9. The van der Waals surface area contributed by atoms with Crippen LogP contribution in [0.15, 0.2) is 60.7 Å². The maximum absolute atomic E-state index is 12.9. The fraction of sp³-hybridized carbons (Fsp3) is 0.429. The third kappa shape index (κ3) is 7.01. The zero-order chi connectivity index (χ0) is 26.5. The van der Waals surface area contributed by atoms with Gasteiger partial charge in [-0.25, -0.2) is 0 Å². The molecule has 0 fully saturated rings. The van der Waals surface area contributed by atoms with Crippen molar-refractivity contribution in [3.05, 3.63) is 66.2 Å². The van der Waals surface area contributed by atoms with Crippen LogP contribution in [0.2, 0.25) is 0 Å². The molecule has 36 heavy (non-hydrogen) atoms. The second-order valence-corrected chi connectivity index (χ2v) is 10.2. The predicted molar refractivity (Wildman–Crippen MR) is 138 cm³/mol. The van der Waals surface area contributed by atoms with E-state index in [1.165, 1.54) is 13.2 Å². The Balaban J connectivity index is 1.67. The minimum atomic E-state index is -1.71. The summed E-state index contributed by atoms with van der Waals surface area (Å²) in [6.45, 7) is 5.76. The monoisotopic (exact) mass is 496 g/mol. The lowest BCUT2D eigenvalue weighted by Crippen LogP contribution is -2.55. The number of fused-ring (bicyclic) bond motifs is 1. The molecular weight excluding hydrogens is 460 g/mol. The van der Waals surface area contributed by atoms with Gasteiger partial charge in [-0.3, -0.25) is 9.59 Å². The molecule has 8 nitrogen and oxygen atoms in total. The van der Waals surface area contributed by atoms with E-state index in [9.17, 15) is 24.9 Å². The number of allylic oxidation sites excluding steroid dienone is 1. The maximum Gasteiger partial charge on any atom is 0.252 e. The van der Waals surface area contributed by atoms with Crippen molar-refractivity contribution in [3.63, 3.8) is 0 Å². The molecule has 0 saturated heterocycles. The Bertz CT molecular complexity index is 1080. The van der Waals surface area contributed by atoms with Crippen molar-refractivity contribution in [2.75, 3.05) is 12.4 Å². The molecule has 5 atom stereocenters. The third-order valence-corrected chi connectivity index (χ3v) is 6.12. The van der Waals surface area contributed by atoms with E-state index in [0.29, 0.717) is 18.5 Å². The predicted octanol–water partition coefficient (Wildman–Crippen LogP) is 2.42. The molecule has 0 aromatic heterocycles. The Morgan fingerprint density at radius 1 is 1.08 bits per heavy atom. The number of nitrogens with one attached hydrogen (secondary N) is 2. The van der Waals surface area contributed by atoms with Crippen molar-refractivity contribution in [1.82, 2.24) is 5.32 Å². The fourth-order valence-electron chi connectivity index (χ4n) is 4.06. The number of hydrogen-bond donors (Lipinski definition) is 5. The molecule has 0 unspecified atom stereocenters. The van der Waals surface area contributed by atoms with E-state index in [-0.39, 0.29) is 11.3 Å². The second-order valence-electron chi connectivity index (χ2n) is 10.2. The standard InChI is InChI=1S/C28H36N2O6/c1-28(2,3)15-14-22(31)23(32)24(33)25(36-4)27(35)30-21-13-11-19-16-18(17-8-6-5-7-9-17)10-12-20(19)29-26(21)34/h5-10,12,14-16,21-25,31-33H,11,13H2,1-4H3,(H,29,34)(H,30,35)/t21-,22-,23+,24-,25-/m1/s1. The summed E-state index contributed by atoms with van der Waals surface area (Å²) in [5.41, 5.74) is 3.49. The first-order chi connectivity index (χ1) is 17.0. The smallest absolute Gasteiger partial charge is 0.252 e. The first-order valence-electron chi connectivity index (χ1n) is 12.1. The lowest BCUT2D eigenvalue weighted by Gasteiger charge is -2.28. The number of aryl methyl sites for hydroxylation is 1. The highest BCUT2D eigenvalue weighted by molar-refractivity contribution is 5.99. The molecule has 8 heteroatoms. The average Bonchev–Trinajstić information content (AvgIpc) is 3.00. The molecule has 0 bridgehead atoms. The van der Waals surface area contributed by atoms with E-state index in [1.807, 2.05) is 69.3 Å². The summed E-state index contributed by atoms with van der Waals surface area (Å²) in [5.74, 6) is -1.14. The first kappa shape index (κ1) is 27.5. The number of aliphatic hydroxyl groups excluding tert-OH is 3. The molecule has 0 saturated carbocycles. The lowest BCUT2D eigenvalue weighted by atomic mass is 9.94. The molecule has 2 aromatic rings. The molecule has 2 aromatic carbocycles. The molecule has 1 aliphatic rings. The fourth-order valence-corrected chi connectivity index (χ4v) is 4.06. The first-order valence-corrected chi connectivity index (χ1v) is 12.1. The summed E-state index contributed by atoms with van der Waals surface area (Å²) >= 11 is 0. The Kier molecular flexibility index (Phi) is 9.03. The Morgan fingerprint density at radius 2 is 1.78 bits per heavy atom. The minimum absolute atomic E-state index is 0.240. The Morgan fingerprint density at radius 3 is 2.42 bits per heavy atom. The second kappa shape index (κ2) is 11.8. The van der Waals surface area contributed by atoms with Gasteiger partial charge in [0.25, 0.3) is 5.91 Å². The normalized spacial score (nSPS) is 19.5. The zero-order valence-electron chi connectivity index (χ0n) is 21.1. The van der Waals surface area contributed by atoms with Crippen LogP contribution in [0, 0.1) is 5.41 Å². The molecule has 194 valence electrons. The van der Waals surface area contributed by atoms with Gasteiger partial charge in [0, 0.05) is 12.8 Å². The van der Waals surface area contributed by atoms with Gasteiger partial charge in [0.1, 0.15) is 24.4 Å². The number of amides is 2. The molecular formula is C28H36N2O6. The highest BCUT2D eigenvalue weighted by Crippen LogP contribution is 2.28. The molecule has 0 aliphatic carbocycles. The summed E-state index contributed by atoms with van der Waals surface area (Å²) in [6.07, 6.45) is -2.31. The van der Waals surface area contributed by atoms with E-state index >= 15 is 0 Å². The van der Waals surface area contributed by atoms with E-state index in [2.05, 4.69) is 10.6 Å². The van der Waals surface area contributed by atoms with Crippen molar-refractivity contribution >= 4 is 17.5 Å². The maximum atomic E-state index is 12.9.